The lowest BCUT2D eigenvalue weighted by Crippen LogP contribution is -2.49. The first-order chi connectivity index (χ1) is 8.25. The van der Waals surface area contributed by atoms with Crippen molar-refractivity contribution in [1.29, 1.82) is 0 Å². The van der Waals surface area contributed by atoms with E-state index < -0.39 is 0 Å². The van der Waals surface area contributed by atoms with Crippen LogP contribution in [0.3, 0.4) is 0 Å². The van der Waals surface area contributed by atoms with Crippen molar-refractivity contribution < 1.29 is 14.3 Å². The van der Waals surface area contributed by atoms with Crippen molar-refractivity contribution in [3.63, 3.8) is 0 Å². The van der Waals surface area contributed by atoms with Gasteiger partial charge in [0.25, 0.3) is 0 Å². The van der Waals surface area contributed by atoms with Crippen LogP contribution in [0.25, 0.3) is 0 Å². The van der Waals surface area contributed by atoms with Gasteiger partial charge >= 0.3 is 0 Å². The number of ether oxygens (including phenoxy) is 2. The molecule has 4 nitrogen and oxygen atoms in total. The minimum absolute atomic E-state index is 0.0496. The molecule has 1 N–H and O–H groups in total. The van der Waals surface area contributed by atoms with Gasteiger partial charge in [0.2, 0.25) is 5.91 Å². The lowest BCUT2D eigenvalue weighted by Gasteiger charge is -2.27. The number of benzene rings is 1. The highest BCUT2D eigenvalue weighted by atomic mass is 16.5. The minimum Gasteiger partial charge on any atom is -0.374 e. The predicted octanol–water partition coefficient (Wildman–Crippen LogP) is 1.11. The van der Waals surface area contributed by atoms with Crippen LogP contribution in [0.5, 0.6) is 0 Å². The zero-order chi connectivity index (χ0) is 12.1. The fraction of sp³-hybridized carbons (Fsp3) is 0.462. The monoisotopic (exact) mass is 235 g/mol. The zero-order valence-corrected chi connectivity index (χ0v) is 9.89. The highest BCUT2D eigenvalue weighted by Gasteiger charge is 2.25. The molecule has 1 aliphatic heterocycles. The second-order valence-corrected chi connectivity index (χ2v) is 4.15. The van der Waals surface area contributed by atoms with E-state index in [1.165, 1.54) is 0 Å². The van der Waals surface area contributed by atoms with Crippen molar-refractivity contribution in [2.75, 3.05) is 13.2 Å². The summed E-state index contributed by atoms with van der Waals surface area (Å²) in [6, 6.07) is 9.99. The van der Waals surface area contributed by atoms with E-state index in [0.717, 1.165) is 5.56 Å². The van der Waals surface area contributed by atoms with E-state index in [2.05, 4.69) is 5.32 Å². The van der Waals surface area contributed by atoms with Gasteiger partial charge in [0.15, 0.2) is 0 Å². The Morgan fingerprint density at radius 3 is 2.88 bits per heavy atom. The topological polar surface area (TPSA) is 47.6 Å². The smallest absolute Gasteiger partial charge is 0.248 e. The highest BCUT2D eigenvalue weighted by Crippen LogP contribution is 2.07. The summed E-state index contributed by atoms with van der Waals surface area (Å²) in [5.74, 6) is -0.0516. The summed E-state index contributed by atoms with van der Waals surface area (Å²) in [6.45, 7) is 3.35. The summed E-state index contributed by atoms with van der Waals surface area (Å²) < 4.78 is 11.1. The summed E-state index contributed by atoms with van der Waals surface area (Å²) in [5, 5.41) is 2.79. The van der Waals surface area contributed by atoms with E-state index in [-0.39, 0.29) is 18.1 Å². The Kier molecular flexibility index (Phi) is 4.12. The van der Waals surface area contributed by atoms with Crippen LogP contribution < -0.4 is 5.32 Å². The second kappa shape index (κ2) is 5.80. The highest BCUT2D eigenvalue weighted by molar-refractivity contribution is 5.80. The van der Waals surface area contributed by atoms with Gasteiger partial charge < -0.3 is 14.8 Å². The third-order valence-electron chi connectivity index (χ3n) is 2.69. The molecule has 1 aromatic rings. The maximum Gasteiger partial charge on any atom is 0.248 e. The lowest BCUT2D eigenvalue weighted by molar-refractivity contribution is -0.146. The van der Waals surface area contributed by atoms with E-state index in [1.807, 2.05) is 30.3 Å². The number of hydrogen-bond donors (Lipinski definition) is 1. The molecule has 1 amide bonds. The SMILES string of the molecule is CC1O[C@@H](COCc2ccccc2)CNC1=O. The Bertz CT molecular complexity index is 366. The number of morpholine rings is 1. The minimum atomic E-state index is -0.380. The van der Waals surface area contributed by atoms with Crippen LogP contribution in [0, 0.1) is 0 Å². The van der Waals surface area contributed by atoms with Crippen molar-refractivity contribution in [3.05, 3.63) is 35.9 Å². The van der Waals surface area contributed by atoms with Crippen LogP contribution in [-0.4, -0.2) is 31.3 Å². The van der Waals surface area contributed by atoms with Crippen molar-refractivity contribution in [2.24, 2.45) is 0 Å². The molecule has 1 heterocycles. The molecule has 1 fully saturated rings. The van der Waals surface area contributed by atoms with Crippen LogP contribution >= 0.6 is 0 Å². The van der Waals surface area contributed by atoms with Crippen LogP contribution in [0.2, 0.25) is 0 Å². The number of nitrogens with one attached hydrogen (secondary N) is 1. The van der Waals surface area contributed by atoms with E-state index in [4.69, 9.17) is 9.47 Å². The van der Waals surface area contributed by atoms with Crippen LogP contribution in [0.15, 0.2) is 30.3 Å². The fourth-order valence-electron chi connectivity index (χ4n) is 1.74. The number of carbonyl (C=O) groups excluding carboxylic acids is 1. The fourth-order valence-corrected chi connectivity index (χ4v) is 1.74. The van der Waals surface area contributed by atoms with Gasteiger partial charge in [-0.1, -0.05) is 30.3 Å². The lowest BCUT2D eigenvalue weighted by atomic mass is 10.2. The van der Waals surface area contributed by atoms with Gasteiger partial charge in [-0.25, -0.2) is 0 Å². The zero-order valence-electron chi connectivity index (χ0n) is 9.89. The molecule has 0 spiro atoms. The summed E-state index contributed by atoms with van der Waals surface area (Å²) in [4.78, 5) is 11.2. The Balaban J connectivity index is 1.71. The van der Waals surface area contributed by atoms with Crippen molar-refractivity contribution in [1.82, 2.24) is 5.32 Å². The first kappa shape index (κ1) is 12.1. The molecule has 0 saturated carbocycles. The standard InChI is InChI=1S/C13H17NO3/c1-10-13(15)14-7-12(17-10)9-16-8-11-5-3-2-4-6-11/h2-6,10,12H,7-9H2,1H3,(H,14,15)/t10?,12-/m1/s1. The van der Waals surface area contributed by atoms with Gasteiger partial charge in [0.1, 0.15) is 6.10 Å². The van der Waals surface area contributed by atoms with E-state index in [1.54, 1.807) is 6.92 Å². The van der Waals surface area contributed by atoms with E-state index in [0.29, 0.717) is 19.8 Å². The first-order valence-electron chi connectivity index (χ1n) is 5.80. The van der Waals surface area contributed by atoms with E-state index in [9.17, 15) is 4.79 Å². The van der Waals surface area contributed by atoms with Gasteiger partial charge in [-0.05, 0) is 12.5 Å². The molecule has 2 atom stereocenters. The molecule has 0 aromatic heterocycles. The van der Waals surface area contributed by atoms with Gasteiger partial charge in [-0.2, -0.15) is 0 Å². The number of amides is 1. The molecule has 1 saturated heterocycles. The van der Waals surface area contributed by atoms with Crippen LogP contribution in [0.1, 0.15) is 12.5 Å². The summed E-state index contributed by atoms with van der Waals surface area (Å²) in [7, 11) is 0. The summed E-state index contributed by atoms with van der Waals surface area (Å²) in [5.41, 5.74) is 1.14. The largest absolute Gasteiger partial charge is 0.374 e. The quantitative estimate of drug-likeness (QED) is 0.850. The van der Waals surface area contributed by atoms with Crippen molar-refractivity contribution >= 4 is 5.91 Å². The maximum absolute atomic E-state index is 11.2. The summed E-state index contributed by atoms with van der Waals surface area (Å²) in [6.07, 6.45) is -0.430. The molecule has 4 heteroatoms. The molecule has 0 aliphatic carbocycles. The molecule has 1 aromatic carbocycles. The van der Waals surface area contributed by atoms with Gasteiger partial charge in [-0.3, -0.25) is 4.79 Å². The Hall–Kier alpha value is -1.39. The van der Waals surface area contributed by atoms with Gasteiger partial charge in [0, 0.05) is 6.54 Å². The molecular formula is C13H17NO3. The van der Waals surface area contributed by atoms with Gasteiger partial charge in [0.05, 0.1) is 19.3 Å². The Morgan fingerprint density at radius 1 is 1.41 bits per heavy atom. The number of rotatable bonds is 4. The van der Waals surface area contributed by atoms with Crippen molar-refractivity contribution in [2.45, 2.75) is 25.7 Å². The van der Waals surface area contributed by atoms with Crippen LogP contribution in [0.4, 0.5) is 0 Å². The second-order valence-electron chi connectivity index (χ2n) is 4.15. The normalized spacial score (nSPS) is 24.4. The molecule has 92 valence electrons. The van der Waals surface area contributed by atoms with E-state index >= 15 is 0 Å². The Labute approximate surface area is 101 Å². The first-order valence-corrected chi connectivity index (χ1v) is 5.80. The summed E-state index contributed by atoms with van der Waals surface area (Å²) >= 11 is 0. The third kappa shape index (κ3) is 3.54. The molecule has 1 unspecified atom stereocenters. The van der Waals surface area contributed by atoms with Crippen LogP contribution in [-0.2, 0) is 20.9 Å². The number of carbonyl (C=O) groups is 1. The molecule has 17 heavy (non-hydrogen) atoms. The number of hydrogen-bond acceptors (Lipinski definition) is 3. The Morgan fingerprint density at radius 2 is 2.18 bits per heavy atom. The molecular weight excluding hydrogens is 218 g/mol. The third-order valence-corrected chi connectivity index (χ3v) is 2.69. The average Bonchev–Trinajstić information content (AvgIpc) is 2.35. The molecule has 0 bridgehead atoms. The predicted molar refractivity (Wildman–Crippen MR) is 63.4 cm³/mol. The molecule has 0 radical (unpaired) electrons. The van der Waals surface area contributed by atoms with Crippen molar-refractivity contribution in [3.8, 4) is 0 Å². The average molecular weight is 235 g/mol. The molecule has 1 aliphatic rings. The van der Waals surface area contributed by atoms with Gasteiger partial charge in [-0.15, -0.1) is 0 Å². The maximum atomic E-state index is 11.2. The molecule has 2 rings (SSSR count).